The predicted octanol–water partition coefficient (Wildman–Crippen LogP) is 4.56. The average Bonchev–Trinajstić information content (AvgIpc) is 2.67. The third-order valence-corrected chi connectivity index (χ3v) is 5.59. The third-order valence-electron chi connectivity index (χ3n) is 5.59. The van der Waals surface area contributed by atoms with Gasteiger partial charge in [-0.15, -0.1) is 0 Å². The van der Waals surface area contributed by atoms with E-state index in [4.69, 9.17) is 10.5 Å². The number of benzene rings is 1. The summed E-state index contributed by atoms with van der Waals surface area (Å²) in [5, 5.41) is 0. The SMILES string of the molecule is Cc1ncc(C(N)=O)nc1-c1ccc(C2CCC(CC(=O)OC(C)(C)C)CC2)cc1. The van der Waals surface area contributed by atoms with E-state index < -0.39 is 11.5 Å². The van der Waals surface area contributed by atoms with Gasteiger partial charge in [0, 0.05) is 12.0 Å². The summed E-state index contributed by atoms with van der Waals surface area (Å²) in [6.45, 7) is 7.58. The van der Waals surface area contributed by atoms with Crippen LogP contribution in [0.5, 0.6) is 0 Å². The molecule has 0 radical (unpaired) electrons. The molecular formula is C24H31N3O3. The molecule has 2 N–H and O–H groups in total. The Kier molecular flexibility index (Phi) is 6.54. The van der Waals surface area contributed by atoms with Crippen LogP contribution < -0.4 is 5.73 Å². The van der Waals surface area contributed by atoms with Crippen molar-refractivity contribution in [2.24, 2.45) is 11.7 Å². The number of primary amides is 1. The van der Waals surface area contributed by atoms with E-state index in [9.17, 15) is 9.59 Å². The molecular weight excluding hydrogens is 378 g/mol. The molecule has 1 saturated carbocycles. The zero-order valence-corrected chi connectivity index (χ0v) is 18.3. The van der Waals surface area contributed by atoms with Gasteiger partial charge in [-0.3, -0.25) is 14.6 Å². The second-order valence-electron chi connectivity index (χ2n) is 9.18. The molecule has 1 aromatic heterocycles. The molecule has 160 valence electrons. The van der Waals surface area contributed by atoms with Crippen LogP contribution in [-0.2, 0) is 9.53 Å². The summed E-state index contributed by atoms with van der Waals surface area (Å²) in [4.78, 5) is 32.1. The van der Waals surface area contributed by atoms with E-state index in [0.717, 1.165) is 36.9 Å². The smallest absolute Gasteiger partial charge is 0.306 e. The monoisotopic (exact) mass is 409 g/mol. The highest BCUT2D eigenvalue weighted by Gasteiger charge is 2.26. The normalized spacial score (nSPS) is 19.3. The highest BCUT2D eigenvalue weighted by molar-refractivity contribution is 5.91. The first-order valence-corrected chi connectivity index (χ1v) is 10.6. The molecule has 1 aliphatic rings. The molecule has 1 aromatic carbocycles. The summed E-state index contributed by atoms with van der Waals surface area (Å²) >= 11 is 0. The number of aromatic nitrogens is 2. The van der Waals surface area contributed by atoms with Crippen molar-refractivity contribution in [3.63, 3.8) is 0 Å². The molecule has 2 aromatic rings. The Bertz CT molecular complexity index is 908. The molecule has 3 rings (SSSR count). The summed E-state index contributed by atoms with van der Waals surface area (Å²) < 4.78 is 5.46. The molecule has 30 heavy (non-hydrogen) atoms. The van der Waals surface area contributed by atoms with Crippen LogP contribution in [0.15, 0.2) is 30.5 Å². The van der Waals surface area contributed by atoms with Crippen molar-refractivity contribution in [1.82, 2.24) is 9.97 Å². The molecule has 1 amide bonds. The highest BCUT2D eigenvalue weighted by atomic mass is 16.6. The number of hydrogen-bond donors (Lipinski definition) is 1. The maximum Gasteiger partial charge on any atom is 0.306 e. The van der Waals surface area contributed by atoms with Gasteiger partial charge in [0.1, 0.15) is 11.3 Å². The summed E-state index contributed by atoms with van der Waals surface area (Å²) in [6, 6.07) is 8.33. The Morgan fingerprint density at radius 2 is 1.73 bits per heavy atom. The summed E-state index contributed by atoms with van der Waals surface area (Å²) in [6.07, 6.45) is 6.14. The van der Waals surface area contributed by atoms with Crippen molar-refractivity contribution in [1.29, 1.82) is 0 Å². The van der Waals surface area contributed by atoms with Crippen LogP contribution in [0.1, 0.15) is 80.5 Å². The summed E-state index contributed by atoms with van der Waals surface area (Å²) in [5.41, 5.74) is 8.74. The number of esters is 1. The molecule has 0 bridgehead atoms. The molecule has 1 aliphatic carbocycles. The van der Waals surface area contributed by atoms with Crippen LogP contribution in [0.4, 0.5) is 0 Å². The van der Waals surface area contributed by atoms with Gasteiger partial charge in [0.25, 0.3) is 5.91 Å². The van der Waals surface area contributed by atoms with Crippen LogP contribution in [0, 0.1) is 12.8 Å². The fourth-order valence-electron chi connectivity index (χ4n) is 4.07. The van der Waals surface area contributed by atoms with Gasteiger partial charge in [-0.2, -0.15) is 0 Å². The molecule has 1 fully saturated rings. The van der Waals surface area contributed by atoms with Gasteiger partial charge in [-0.25, -0.2) is 4.98 Å². The maximum atomic E-state index is 12.1. The van der Waals surface area contributed by atoms with Gasteiger partial charge in [0.2, 0.25) is 0 Å². The third kappa shape index (κ3) is 5.65. The van der Waals surface area contributed by atoms with Crippen LogP contribution >= 0.6 is 0 Å². The summed E-state index contributed by atoms with van der Waals surface area (Å²) in [7, 11) is 0. The lowest BCUT2D eigenvalue weighted by Gasteiger charge is -2.29. The van der Waals surface area contributed by atoms with Crippen LogP contribution in [0.2, 0.25) is 0 Å². The number of amides is 1. The Morgan fingerprint density at radius 3 is 2.30 bits per heavy atom. The second-order valence-corrected chi connectivity index (χ2v) is 9.18. The molecule has 0 aliphatic heterocycles. The topological polar surface area (TPSA) is 95.2 Å². The number of aryl methyl sites for hydroxylation is 1. The first-order chi connectivity index (χ1) is 14.1. The molecule has 6 nitrogen and oxygen atoms in total. The number of ether oxygens (including phenoxy) is 1. The first kappa shape index (κ1) is 21.9. The number of carbonyl (C=O) groups is 2. The lowest BCUT2D eigenvalue weighted by atomic mass is 9.77. The number of nitrogens with zero attached hydrogens (tertiary/aromatic N) is 2. The van der Waals surface area contributed by atoms with Crippen molar-refractivity contribution in [3.8, 4) is 11.3 Å². The highest BCUT2D eigenvalue weighted by Crippen LogP contribution is 2.38. The maximum absolute atomic E-state index is 12.1. The van der Waals surface area contributed by atoms with E-state index in [-0.39, 0.29) is 11.7 Å². The number of carbonyl (C=O) groups excluding carboxylic acids is 2. The van der Waals surface area contributed by atoms with E-state index >= 15 is 0 Å². The largest absolute Gasteiger partial charge is 0.460 e. The Balaban J connectivity index is 1.61. The minimum atomic E-state index is -0.580. The Morgan fingerprint density at radius 1 is 1.10 bits per heavy atom. The first-order valence-electron chi connectivity index (χ1n) is 10.6. The molecule has 0 atom stereocenters. The molecule has 0 spiro atoms. The minimum absolute atomic E-state index is 0.0926. The molecule has 6 heteroatoms. The van der Waals surface area contributed by atoms with Gasteiger partial charge >= 0.3 is 5.97 Å². The van der Waals surface area contributed by atoms with Gasteiger partial charge in [-0.1, -0.05) is 24.3 Å². The molecule has 0 saturated heterocycles. The van der Waals surface area contributed by atoms with E-state index in [1.54, 1.807) is 0 Å². The predicted molar refractivity (Wildman–Crippen MR) is 116 cm³/mol. The van der Waals surface area contributed by atoms with Gasteiger partial charge < -0.3 is 10.5 Å². The Hall–Kier alpha value is -2.76. The Labute approximate surface area is 178 Å². The van der Waals surface area contributed by atoms with Crippen LogP contribution in [0.3, 0.4) is 0 Å². The molecule has 1 heterocycles. The number of hydrogen-bond acceptors (Lipinski definition) is 5. The standard InChI is InChI=1S/C24H31N3O3/c1-15-22(27-20(14-26-15)23(25)29)19-11-9-18(10-12-19)17-7-5-16(6-8-17)13-21(28)30-24(2,3)4/h9-12,14,16-17H,5-8,13H2,1-4H3,(H2,25,29). The average molecular weight is 410 g/mol. The van der Waals surface area contributed by atoms with Gasteiger partial charge in [0.05, 0.1) is 17.6 Å². The fraction of sp³-hybridized carbons (Fsp3) is 0.500. The fourth-order valence-corrected chi connectivity index (χ4v) is 4.07. The van der Waals surface area contributed by atoms with Crippen molar-refractivity contribution >= 4 is 11.9 Å². The van der Waals surface area contributed by atoms with Crippen molar-refractivity contribution in [2.45, 2.75) is 71.3 Å². The number of nitrogens with two attached hydrogens (primary N) is 1. The van der Waals surface area contributed by atoms with Crippen molar-refractivity contribution in [2.75, 3.05) is 0 Å². The van der Waals surface area contributed by atoms with E-state index in [1.165, 1.54) is 11.8 Å². The second kappa shape index (κ2) is 8.94. The quantitative estimate of drug-likeness (QED) is 0.731. The zero-order chi connectivity index (χ0) is 21.9. The summed E-state index contributed by atoms with van der Waals surface area (Å²) in [5.74, 6) is 0.233. The zero-order valence-electron chi connectivity index (χ0n) is 18.3. The minimum Gasteiger partial charge on any atom is -0.460 e. The van der Waals surface area contributed by atoms with E-state index in [0.29, 0.717) is 24.0 Å². The van der Waals surface area contributed by atoms with Gasteiger partial charge in [-0.05, 0) is 70.8 Å². The van der Waals surface area contributed by atoms with Crippen molar-refractivity contribution < 1.29 is 14.3 Å². The van der Waals surface area contributed by atoms with Crippen LogP contribution in [0.25, 0.3) is 11.3 Å². The lowest BCUT2D eigenvalue weighted by Crippen LogP contribution is -2.26. The van der Waals surface area contributed by atoms with Gasteiger partial charge in [0.15, 0.2) is 0 Å². The van der Waals surface area contributed by atoms with E-state index in [2.05, 4.69) is 22.1 Å². The van der Waals surface area contributed by atoms with E-state index in [1.807, 2.05) is 39.8 Å². The van der Waals surface area contributed by atoms with Crippen LogP contribution in [-0.4, -0.2) is 27.4 Å². The lowest BCUT2D eigenvalue weighted by molar-refractivity contribution is -0.156. The number of rotatable bonds is 5. The molecule has 0 unspecified atom stereocenters. The van der Waals surface area contributed by atoms with Crippen molar-refractivity contribution in [3.05, 3.63) is 47.4 Å².